The molecular weight excluding hydrogens is 1040 g/mol. The minimum absolute atomic E-state index is 0.00625. The third kappa shape index (κ3) is 31.1. The van der Waals surface area contributed by atoms with Crippen molar-refractivity contribution < 1.29 is 62.0 Å². The highest BCUT2D eigenvalue weighted by molar-refractivity contribution is 7.46. The highest BCUT2D eigenvalue weighted by Crippen LogP contribution is 2.35. The summed E-state index contributed by atoms with van der Waals surface area (Å²) in [6, 6.07) is -12.6. The molecule has 0 heterocycles. The van der Waals surface area contributed by atoms with Crippen LogP contribution in [0.2, 0.25) is 0 Å². The Morgan fingerprint density at radius 2 is 0.740 bits per heavy atom. The van der Waals surface area contributed by atoms with Crippen LogP contribution in [0.5, 0.6) is 0 Å². The van der Waals surface area contributed by atoms with Crippen LogP contribution in [0.3, 0.4) is 0 Å². The smallest absolute Gasteiger partial charge is 0.370 e. The van der Waals surface area contributed by atoms with Crippen molar-refractivity contribution >= 4 is 84.8 Å². The molecule has 0 radical (unpaired) electrons. The molecule has 0 aromatic rings. The maximum Gasteiger partial charge on any atom is 0.469 e. The summed E-state index contributed by atoms with van der Waals surface area (Å²) in [6.07, 6.45) is 0.526. The molecule has 0 unspecified atom stereocenters. The summed E-state index contributed by atoms with van der Waals surface area (Å²) in [6.45, 7) is 5.85. The largest absolute Gasteiger partial charge is 0.469 e. The number of carbonyl (C=O) groups excluding carboxylic acids is 9. The maximum atomic E-state index is 14.1. The Hall–Kier alpha value is -7.62. The number of nitrogens with one attached hydrogen (secondary N) is 8. The van der Waals surface area contributed by atoms with Gasteiger partial charge in [-0.1, -0.05) is 13.8 Å². The van der Waals surface area contributed by atoms with Crippen LogP contribution in [0.15, 0.2) is 20.0 Å². The number of phosphoric acid groups is 1. The van der Waals surface area contributed by atoms with Crippen LogP contribution in [-0.2, 0) is 52.2 Å². The Morgan fingerprint density at radius 1 is 0.429 bits per heavy atom. The third-order valence-electron chi connectivity index (χ3n) is 10.6. The number of phosphoric ester groups is 1. The Kier molecular flexibility index (Phi) is 32.1. The van der Waals surface area contributed by atoms with E-state index < -0.39 is 128 Å². The van der Waals surface area contributed by atoms with Gasteiger partial charge in [0.25, 0.3) is 0 Å². The van der Waals surface area contributed by atoms with E-state index in [1.54, 1.807) is 0 Å². The molecule has 35 nitrogen and oxygen atoms in total. The molecule has 9 atom stereocenters. The van der Waals surface area contributed by atoms with Crippen molar-refractivity contribution in [3.05, 3.63) is 0 Å². The van der Waals surface area contributed by atoms with Crippen LogP contribution in [0.4, 0.5) is 0 Å². The predicted molar refractivity (Wildman–Crippen MR) is 282 cm³/mol. The second kappa shape index (κ2) is 35.6. The number of rotatable bonds is 37. The van der Waals surface area contributed by atoms with Gasteiger partial charge in [0.1, 0.15) is 48.3 Å². The number of hydrogen-bond acceptors (Lipinski definition) is 16. The van der Waals surface area contributed by atoms with Crippen molar-refractivity contribution in [1.82, 2.24) is 42.5 Å². The Labute approximate surface area is 444 Å². The Balaban J connectivity index is 6.57. The maximum absolute atomic E-state index is 14.1. The second-order valence-corrected chi connectivity index (χ2v) is 19.0. The summed E-state index contributed by atoms with van der Waals surface area (Å²) >= 11 is 0. The quantitative estimate of drug-likeness (QED) is 0.0119. The van der Waals surface area contributed by atoms with Gasteiger partial charge in [0.05, 0.1) is 12.6 Å². The highest BCUT2D eigenvalue weighted by atomic mass is 31.2. The fourth-order valence-corrected chi connectivity index (χ4v) is 6.73. The molecule has 0 aliphatic carbocycles. The van der Waals surface area contributed by atoms with Crippen molar-refractivity contribution in [2.24, 2.45) is 83.2 Å². The van der Waals surface area contributed by atoms with Crippen molar-refractivity contribution in [2.75, 3.05) is 32.8 Å². The molecule has 77 heavy (non-hydrogen) atoms. The summed E-state index contributed by atoms with van der Waals surface area (Å²) in [4.78, 5) is 154. The third-order valence-corrected chi connectivity index (χ3v) is 11.1. The van der Waals surface area contributed by atoms with E-state index in [1.165, 1.54) is 27.7 Å². The molecule has 0 fully saturated rings. The number of amides is 9. The minimum atomic E-state index is -5.24. The molecule has 0 aromatic carbocycles. The molecule has 36 heteroatoms. The Morgan fingerprint density at radius 3 is 1.10 bits per heavy atom. The lowest BCUT2D eigenvalue weighted by Crippen LogP contribution is -2.60. The number of nitrogens with two attached hydrogens (primary N) is 10. The van der Waals surface area contributed by atoms with Crippen LogP contribution in [0.1, 0.15) is 86.0 Å². The lowest BCUT2D eigenvalue weighted by atomic mass is 10.0. The summed E-state index contributed by atoms with van der Waals surface area (Å²) in [7, 11) is -5.24. The van der Waals surface area contributed by atoms with Crippen LogP contribution < -0.4 is 99.9 Å². The molecule has 30 N–H and O–H groups in total. The predicted octanol–water partition coefficient (Wildman–Crippen LogP) is -9.28. The molecule has 0 saturated heterocycles. The van der Waals surface area contributed by atoms with Gasteiger partial charge in [-0.2, -0.15) is 0 Å². The average molecular weight is 1120 g/mol. The van der Waals surface area contributed by atoms with Crippen molar-refractivity contribution in [3.63, 3.8) is 0 Å². The van der Waals surface area contributed by atoms with E-state index in [0.29, 0.717) is 6.42 Å². The number of nitrogens with zero attached hydrogens (tertiary/aromatic N) is 4. The SMILES string of the molecule is CC(C)[C@H](NC(=O)[C@H](COP(=O)(O)O)NC(=O)[C@H](C)NC(=O)[C@H](C)NC(=O)[C@H](CCCN=C(N)N)NC(=O)[C@H](CCCN=C(N)N)NC(=O)[C@H](CCCN=C(N)N)NC(=O)[C@@H](N)CCCN=C(N)N)C(=O)N[C@@H](C)C(N)=O. The van der Waals surface area contributed by atoms with Crippen LogP contribution in [-0.4, -0.2) is 174 Å². The van der Waals surface area contributed by atoms with Crippen LogP contribution in [0, 0.1) is 5.92 Å². The van der Waals surface area contributed by atoms with E-state index in [1.807, 2.05) is 0 Å². The average Bonchev–Trinajstić information content (AvgIpc) is 3.32. The number of guanidine groups is 4. The fourth-order valence-electron chi connectivity index (χ4n) is 6.39. The molecule has 0 aromatic heterocycles. The van der Waals surface area contributed by atoms with Crippen molar-refractivity contribution in [1.29, 1.82) is 0 Å². The number of carbonyl (C=O) groups is 9. The van der Waals surface area contributed by atoms with Gasteiger partial charge in [-0.05, 0) is 78.1 Å². The normalized spacial score (nSPS) is 14.6. The van der Waals surface area contributed by atoms with E-state index in [2.05, 4.69) is 67.0 Å². The van der Waals surface area contributed by atoms with Crippen molar-refractivity contribution in [2.45, 2.75) is 140 Å². The minimum Gasteiger partial charge on any atom is -0.370 e. The summed E-state index contributed by atoms with van der Waals surface area (Å²) in [5, 5.41) is 19.3. The lowest BCUT2D eigenvalue weighted by Gasteiger charge is -2.27. The van der Waals surface area contributed by atoms with E-state index in [9.17, 15) is 57.5 Å². The molecule has 9 amide bonds. The van der Waals surface area contributed by atoms with Gasteiger partial charge in [-0.25, -0.2) is 4.57 Å². The van der Waals surface area contributed by atoms with Gasteiger partial charge in [-0.3, -0.25) is 67.6 Å². The van der Waals surface area contributed by atoms with Crippen LogP contribution in [0.25, 0.3) is 0 Å². The first kappa shape index (κ1) is 69.4. The summed E-state index contributed by atoms with van der Waals surface area (Å²) in [5.74, 6) is -9.90. The first-order chi connectivity index (χ1) is 35.7. The van der Waals surface area contributed by atoms with E-state index >= 15 is 0 Å². The van der Waals surface area contributed by atoms with Gasteiger partial charge in [0, 0.05) is 26.2 Å². The first-order valence-corrected chi connectivity index (χ1v) is 25.7. The molecule has 0 saturated carbocycles. The number of hydrogen-bond donors (Lipinski definition) is 20. The van der Waals surface area contributed by atoms with Gasteiger partial charge in [0.2, 0.25) is 53.2 Å². The molecular formula is C41H81N22O13P. The van der Waals surface area contributed by atoms with Gasteiger partial charge < -0.3 is 110 Å². The molecule has 0 aliphatic heterocycles. The zero-order chi connectivity index (χ0) is 59.2. The first-order valence-electron chi connectivity index (χ1n) is 24.2. The second-order valence-electron chi connectivity index (χ2n) is 17.8. The molecule has 438 valence electrons. The summed E-state index contributed by atoms with van der Waals surface area (Å²) in [5.41, 5.74) is 54.8. The number of aliphatic imine (C=N–C) groups is 4. The zero-order valence-electron chi connectivity index (χ0n) is 43.9. The highest BCUT2D eigenvalue weighted by Gasteiger charge is 2.35. The summed E-state index contributed by atoms with van der Waals surface area (Å²) < 4.78 is 16.0. The van der Waals surface area contributed by atoms with E-state index in [4.69, 9.17) is 57.3 Å². The monoisotopic (exact) mass is 1120 g/mol. The van der Waals surface area contributed by atoms with Gasteiger partial charge in [0.15, 0.2) is 23.8 Å². The van der Waals surface area contributed by atoms with Gasteiger partial charge >= 0.3 is 7.82 Å². The van der Waals surface area contributed by atoms with Crippen LogP contribution >= 0.6 is 7.82 Å². The van der Waals surface area contributed by atoms with E-state index in [-0.39, 0.29) is 95.0 Å². The molecule has 0 bridgehead atoms. The Bertz CT molecular complexity index is 2160. The lowest BCUT2D eigenvalue weighted by molar-refractivity contribution is -0.136. The fraction of sp³-hybridized carbons (Fsp3) is 0.683. The van der Waals surface area contributed by atoms with Crippen molar-refractivity contribution in [3.8, 4) is 0 Å². The standard InChI is InChI=1S/C41H81N22O13P/c1-19(2)28(37(72)56-20(3)29(43)64)63-36(71)27(18-76-77(73,74)75)62-31(66)22(5)57-30(65)21(4)58-33(68)24(11-7-15-53-39(46)47)60-35(70)26(13-9-17-55-41(50)51)61-34(69)25(12-8-16-54-40(48)49)59-32(67)23(42)10-6-14-52-38(44)45/h19-28H,6-18,42H2,1-5H3,(H2,43,64)(H,56,72)(H,57,65)(H,58,68)(H,59,67)(H,60,70)(H,61,69)(H,62,66)(H,63,71)(H4,44,45,52)(H4,46,47,53)(H4,48,49,54)(H4,50,51,55)(H2,73,74,75)/t20-,21-,22-,23-,24-,25-,26-,27-,28-/m0/s1. The zero-order valence-corrected chi connectivity index (χ0v) is 44.8. The van der Waals surface area contributed by atoms with Gasteiger partial charge in [-0.15, -0.1) is 0 Å². The topological polar surface area (TPSA) is 626 Å². The van der Waals surface area contributed by atoms with E-state index in [0.717, 1.165) is 6.92 Å². The number of primary amides is 1. The molecule has 0 spiro atoms. The molecule has 0 aliphatic rings. The molecule has 0 rings (SSSR count).